The average molecular weight is 394 g/mol. The standard InChI is InChI=1S/C13H8BrCl3N2O/c14-8-5-7(1-2-9(8)15)19-13(20)6-3-10(16)12(18)11(17)4-6/h1-5H,18H2,(H,19,20). The highest BCUT2D eigenvalue weighted by Gasteiger charge is 2.12. The van der Waals surface area contributed by atoms with Crippen LogP contribution in [0.4, 0.5) is 11.4 Å². The maximum atomic E-state index is 12.1. The monoisotopic (exact) mass is 392 g/mol. The number of nitrogens with one attached hydrogen (secondary N) is 1. The molecule has 0 spiro atoms. The summed E-state index contributed by atoms with van der Waals surface area (Å²) in [6.45, 7) is 0. The molecule has 0 saturated carbocycles. The molecular weight excluding hydrogens is 386 g/mol. The SMILES string of the molecule is Nc1c(Cl)cc(C(=O)Nc2ccc(Cl)c(Br)c2)cc1Cl. The van der Waals surface area contributed by atoms with Crippen LogP contribution in [0.1, 0.15) is 10.4 Å². The van der Waals surface area contributed by atoms with Gasteiger partial charge < -0.3 is 11.1 Å². The fraction of sp³-hybridized carbons (Fsp3) is 0. The van der Waals surface area contributed by atoms with E-state index in [2.05, 4.69) is 21.2 Å². The highest BCUT2D eigenvalue weighted by molar-refractivity contribution is 9.10. The highest BCUT2D eigenvalue weighted by Crippen LogP contribution is 2.30. The third-order valence-electron chi connectivity index (χ3n) is 2.52. The molecule has 0 aromatic heterocycles. The normalized spacial score (nSPS) is 10.4. The second-order valence-corrected chi connectivity index (χ2v) is 6.01. The van der Waals surface area contributed by atoms with Gasteiger partial charge in [-0.25, -0.2) is 0 Å². The molecule has 0 aliphatic heterocycles. The van der Waals surface area contributed by atoms with Gasteiger partial charge in [0.2, 0.25) is 0 Å². The number of halogens is 4. The van der Waals surface area contributed by atoms with Crippen LogP contribution in [-0.2, 0) is 0 Å². The van der Waals surface area contributed by atoms with Crippen molar-refractivity contribution in [1.29, 1.82) is 0 Å². The Morgan fingerprint density at radius 3 is 2.20 bits per heavy atom. The molecule has 0 radical (unpaired) electrons. The van der Waals surface area contributed by atoms with Crippen molar-refractivity contribution in [2.24, 2.45) is 0 Å². The number of hydrogen-bond acceptors (Lipinski definition) is 2. The molecule has 1 amide bonds. The molecular formula is C13H8BrCl3N2O. The molecule has 0 fully saturated rings. The first-order valence-corrected chi connectivity index (χ1v) is 7.32. The topological polar surface area (TPSA) is 55.1 Å². The predicted octanol–water partition coefficient (Wildman–Crippen LogP) is 5.24. The van der Waals surface area contributed by atoms with Gasteiger partial charge in [0.05, 0.1) is 20.8 Å². The minimum absolute atomic E-state index is 0.236. The second kappa shape index (κ2) is 6.22. The fourth-order valence-corrected chi connectivity index (χ4v) is 2.48. The van der Waals surface area contributed by atoms with Gasteiger partial charge in [0.25, 0.3) is 5.91 Å². The van der Waals surface area contributed by atoms with Crippen LogP contribution in [0.15, 0.2) is 34.8 Å². The Morgan fingerprint density at radius 1 is 1.05 bits per heavy atom. The molecule has 2 aromatic rings. The van der Waals surface area contributed by atoms with Crippen molar-refractivity contribution >= 4 is 68.0 Å². The van der Waals surface area contributed by atoms with E-state index in [-0.39, 0.29) is 21.6 Å². The van der Waals surface area contributed by atoms with Crippen LogP contribution in [0.2, 0.25) is 15.1 Å². The first-order valence-electron chi connectivity index (χ1n) is 5.39. The van der Waals surface area contributed by atoms with E-state index in [1.54, 1.807) is 18.2 Å². The minimum atomic E-state index is -0.344. The van der Waals surface area contributed by atoms with Gasteiger partial charge in [-0.1, -0.05) is 34.8 Å². The largest absolute Gasteiger partial charge is 0.396 e. The molecule has 0 atom stereocenters. The summed E-state index contributed by atoms with van der Waals surface area (Å²) in [5.74, 6) is -0.344. The van der Waals surface area contributed by atoms with Gasteiger partial charge in [0.1, 0.15) is 0 Å². The lowest BCUT2D eigenvalue weighted by atomic mass is 10.2. The second-order valence-electron chi connectivity index (χ2n) is 3.94. The summed E-state index contributed by atoms with van der Waals surface area (Å²) in [6.07, 6.45) is 0. The molecule has 7 heteroatoms. The number of rotatable bonds is 2. The molecule has 0 aliphatic rings. The quantitative estimate of drug-likeness (QED) is 0.684. The van der Waals surface area contributed by atoms with Gasteiger partial charge in [-0.3, -0.25) is 4.79 Å². The summed E-state index contributed by atoms with van der Waals surface area (Å²) in [4.78, 5) is 12.1. The van der Waals surface area contributed by atoms with E-state index in [1.165, 1.54) is 12.1 Å². The molecule has 0 unspecified atom stereocenters. The number of benzene rings is 2. The van der Waals surface area contributed by atoms with Gasteiger partial charge in [-0.2, -0.15) is 0 Å². The van der Waals surface area contributed by atoms with Crippen LogP contribution in [0.25, 0.3) is 0 Å². The number of nitrogen functional groups attached to an aromatic ring is 1. The van der Waals surface area contributed by atoms with Crippen molar-refractivity contribution in [2.75, 3.05) is 11.1 Å². The van der Waals surface area contributed by atoms with Crippen LogP contribution < -0.4 is 11.1 Å². The number of nitrogens with two attached hydrogens (primary N) is 1. The van der Waals surface area contributed by atoms with Crippen LogP contribution in [-0.4, -0.2) is 5.91 Å². The van der Waals surface area contributed by atoms with Crippen molar-refractivity contribution in [1.82, 2.24) is 0 Å². The Labute approximate surface area is 139 Å². The van der Waals surface area contributed by atoms with Gasteiger partial charge in [-0.15, -0.1) is 0 Å². The molecule has 0 saturated heterocycles. The number of hydrogen-bond donors (Lipinski definition) is 2. The summed E-state index contributed by atoms with van der Waals surface area (Å²) in [7, 11) is 0. The summed E-state index contributed by atoms with van der Waals surface area (Å²) < 4.78 is 0.685. The van der Waals surface area contributed by atoms with Gasteiger partial charge in [0.15, 0.2) is 0 Å². The summed E-state index contributed by atoms with van der Waals surface area (Å²) >= 11 is 21.0. The Balaban J connectivity index is 2.26. The molecule has 0 bridgehead atoms. The number of amides is 1. The lowest BCUT2D eigenvalue weighted by Crippen LogP contribution is -2.12. The average Bonchev–Trinajstić information content (AvgIpc) is 2.39. The summed E-state index contributed by atoms with van der Waals surface area (Å²) in [5.41, 5.74) is 6.79. The molecule has 0 heterocycles. The van der Waals surface area contributed by atoms with Crippen molar-refractivity contribution in [3.8, 4) is 0 Å². The van der Waals surface area contributed by atoms with Gasteiger partial charge in [0, 0.05) is 15.7 Å². The van der Waals surface area contributed by atoms with Crippen molar-refractivity contribution in [3.05, 3.63) is 55.4 Å². The van der Waals surface area contributed by atoms with Crippen molar-refractivity contribution in [2.45, 2.75) is 0 Å². The van der Waals surface area contributed by atoms with Crippen molar-refractivity contribution < 1.29 is 4.79 Å². The van der Waals surface area contributed by atoms with E-state index in [0.29, 0.717) is 20.7 Å². The lowest BCUT2D eigenvalue weighted by Gasteiger charge is -2.08. The number of carbonyl (C=O) groups excluding carboxylic acids is 1. The Bertz CT molecular complexity index is 668. The maximum absolute atomic E-state index is 12.1. The third-order valence-corrected chi connectivity index (χ3v) is 4.36. The summed E-state index contributed by atoms with van der Waals surface area (Å²) in [5, 5.41) is 3.74. The smallest absolute Gasteiger partial charge is 0.255 e. The van der Waals surface area contributed by atoms with Gasteiger partial charge in [-0.05, 0) is 46.3 Å². The molecule has 2 aromatic carbocycles. The molecule has 0 aliphatic carbocycles. The maximum Gasteiger partial charge on any atom is 0.255 e. The van der Waals surface area contributed by atoms with E-state index in [0.717, 1.165) is 0 Å². The molecule has 3 nitrogen and oxygen atoms in total. The zero-order valence-electron chi connectivity index (χ0n) is 9.88. The molecule has 20 heavy (non-hydrogen) atoms. The van der Waals surface area contributed by atoms with Crippen LogP contribution in [0.3, 0.4) is 0 Å². The number of anilines is 2. The Morgan fingerprint density at radius 2 is 1.65 bits per heavy atom. The first kappa shape index (κ1) is 15.4. The fourth-order valence-electron chi connectivity index (χ4n) is 1.49. The molecule has 3 N–H and O–H groups in total. The highest BCUT2D eigenvalue weighted by atomic mass is 79.9. The Kier molecular flexibility index (Phi) is 4.81. The number of carbonyl (C=O) groups is 1. The van der Waals surface area contributed by atoms with E-state index in [4.69, 9.17) is 40.5 Å². The minimum Gasteiger partial charge on any atom is -0.396 e. The van der Waals surface area contributed by atoms with Crippen LogP contribution in [0, 0.1) is 0 Å². The van der Waals surface area contributed by atoms with E-state index in [1.807, 2.05) is 0 Å². The Hall–Kier alpha value is -0.940. The zero-order valence-corrected chi connectivity index (χ0v) is 13.7. The van der Waals surface area contributed by atoms with Crippen LogP contribution >= 0.6 is 50.7 Å². The van der Waals surface area contributed by atoms with Crippen LogP contribution in [0.5, 0.6) is 0 Å². The van der Waals surface area contributed by atoms with E-state index in [9.17, 15) is 4.79 Å². The third kappa shape index (κ3) is 3.38. The van der Waals surface area contributed by atoms with Gasteiger partial charge >= 0.3 is 0 Å². The van der Waals surface area contributed by atoms with E-state index < -0.39 is 0 Å². The van der Waals surface area contributed by atoms with E-state index >= 15 is 0 Å². The molecule has 2 rings (SSSR count). The van der Waals surface area contributed by atoms with Crippen molar-refractivity contribution in [3.63, 3.8) is 0 Å². The summed E-state index contributed by atoms with van der Waals surface area (Å²) in [6, 6.07) is 7.97. The first-order chi connectivity index (χ1) is 9.38. The molecule has 104 valence electrons. The lowest BCUT2D eigenvalue weighted by molar-refractivity contribution is 0.102. The predicted molar refractivity (Wildman–Crippen MR) is 88.0 cm³/mol. The zero-order chi connectivity index (χ0) is 14.9.